The number of hydrogen-bond acceptors (Lipinski definition) is 2. The number of hydrogen-bond donors (Lipinski definition) is 0. The van der Waals surface area contributed by atoms with Crippen LogP contribution in [0.5, 0.6) is 0 Å². The van der Waals surface area contributed by atoms with Gasteiger partial charge >= 0.3 is 0 Å². The summed E-state index contributed by atoms with van der Waals surface area (Å²) in [7, 11) is 0. The maximum absolute atomic E-state index is 6.39. The van der Waals surface area contributed by atoms with E-state index in [0.29, 0.717) is 0 Å². The van der Waals surface area contributed by atoms with E-state index < -0.39 is 0 Å². The molecule has 0 aliphatic heterocycles. The Hall–Kier alpha value is -6.38. The highest BCUT2D eigenvalue weighted by Gasteiger charge is 2.35. The minimum absolute atomic E-state index is 0.0723. The Balaban J connectivity index is 1.09. The summed E-state index contributed by atoms with van der Waals surface area (Å²) in [6.07, 6.45) is 0. The van der Waals surface area contributed by atoms with Gasteiger partial charge in [0.05, 0.1) is 0 Å². The van der Waals surface area contributed by atoms with Gasteiger partial charge in [0, 0.05) is 33.2 Å². The second kappa shape index (κ2) is 11.3. The molecule has 1 heterocycles. The molecular formula is C49H35NO. The number of benzene rings is 8. The standard InChI is InChI=1S/C49H35NO/c1-49(2)44-19-11-9-17-38(44)39-28-26-37(30-45(39)49)50(35-15-7-4-8-16-35)36-24-21-32(22-25-36)34-23-27-40-43(29-34)42(33-13-5-3-6-14-33)31-47-48(40)41-18-10-12-20-46(41)51-47/h3-31H,1-2H3. The highest BCUT2D eigenvalue weighted by molar-refractivity contribution is 6.22. The molecule has 1 aliphatic rings. The van der Waals surface area contributed by atoms with Crippen molar-refractivity contribution >= 4 is 49.8 Å². The molecule has 0 saturated heterocycles. The van der Waals surface area contributed by atoms with Crippen LogP contribution in [0, 0.1) is 0 Å². The quantitative estimate of drug-likeness (QED) is 0.184. The van der Waals surface area contributed by atoms with E-state index in [1.807, 2.05) is 6.07 Å². The summed E-state index contributed by atoms with van der Waals surface area (Å²) >= 11 is 0. The molecule has 0 N–H and O–H groups in total. The number of furan rings is 1. The summed E-state index contributed by atoms with van der Waals surface area (Å²) in [6, 6.07) is 63.6. The van der Waals surface area contributed by atoms with Crippen LogP contribution < -0.4 is 4.90 Å². The molecule has 0 unspecified atom stereocenters. The molecule has 242 valence electrons. The first-order valence-electron chi connectivity index (χ1n) is 17.7. The third-order valence-electron chi connectivity index (χ3n) is 10.9. The first-order chi connectivity index (χ1) is 25.0. The second-order valence-electron chi connectivity index (χ2n) is 14.1. The first kappa shape index (κ1) is 29.5. The third kappa shape index (κ3) is 4.64. The number of anilines is 3. The van der Waals surface area contributed by atoms with E-state index in [2.05, 4.69) is 189 Å². The lowest BCUT2D eigenvalue weighted by Crippen LogP contribution is -2.16. The van der Waals surface area contributed by atoms with Crippen molar-refractivity contribution in [1.82, 2.24) is 0 Å². The van der Waals surface area contributed by atoms with Gasteiger partial charge in [-0.1, -0.05) is 135 Å². The predicted octanol–water partition coefficient (Wildman–Crippen LogP) is 13.8. The lowest BCUT2D eigenvalue weighted by molar-refractivity contribution is 0.660. The van der Waals surface area contributed by atoms with Gasteiger partial charge in [-0.15, -0.1) is 0 Å². The van der Waals surface area contributed by atoms with E-state index >= 15 is 0 Å². The van der Waals surface area contributed by atoms with Crippen LogP contribution in [0.25, 0.3) is 66.1 Å². The molecule has 51 heavy (non-hydrogen) atoms. The Morgan fingerprint density at radius 2 is 1.04 bits per heavy atom. The first-order valence-corrected chi connectivity index (χ1v) is 17.7. The summed E-state index contributed by atoms with van der Waals surface area (Å²) in [5.41, 5.74) is 15.3. The van der Waals surface area contributed by atoms with Gasteiger partial charge in [-0.2, -0.15) is 0 Å². The summed E-state index contributed by atoms with van der Waals surface area (Å²) in [5, 5.41) is 4.73. The highest BCUT2D eigenvalue weighted by Crippen LogP contribution is 2.50. The number of rotatable bonds is 5. The molecular weight excluding hydrogens is 619 g/mol. The van der Waals surface area contributed by atoms with Crippen molar-refractivity contribution in [2.75, 3.05) is 4.90 Å². The Morgan fingerprint density at radius 1 is 0.392 bits per heavy atom. The van der Waals surface area contributed by atoms with Gasteiger partial charge < -0.3 is 9.32 Å². The molecule has 1 aliphatic carbocycles. The second-order valence-corrected chi connectivity index (χ2v) is 14.1. The zero-order chi connectivity index (χ0) is 34.1. The van der Waals surface area contributed by atoms with E-state index in [1.165, 1.54) is 60.7 Å². The molecule has 0 radical (unpaired) electrons. The van der Waals surface area contributed by atoms with Crippen LogP contribution >= 0.6 is 0 Å². The van der Waals surface area contributed by atoms with Crippen LogP contribution in [0.4, 0.5) is 17.1 Å². The number of para-hydroxylation sites is 2. The summed E-state index contributed by atoms with van der Waals surface area (Å²) in [6.45, 7) is 4.69. The average Bonchev–Trinajstić information content (AvgIpc) is 3.67. The molecule has 0 saturated carbocycles. The number of fused-ring (bicyclic) bond motifs is 8. The van der Waals surface area contributed by atoms with Gasteiger partial charge in [0.25, 0.3) is 0 Å². The van der Waals surface area contributed by atoms with Crippen molar-refractivity contribution in [3.8, 4) is 33.4 Å². The number of nitrogens with zero attached hydrogens (tertiary/aromatic N) is 1. The normalized spacial score (nSPS) is 13.1. The molecule has 0 amide bonds. The minimum Gasteiger partial charge on any atom is -0.456 e. The van der Waals surface area contributed by atoms with E-state index in [1.54, 1.807) is 0 Å². The van der Waals surface area contributed by atoms with Gasteiger partial charge in [-0.25, -0.2) is 0 Å². The van der Waals surface area contributed by atoms with Crippen molar-refractivity contribution in [2.24, 2.45) is 0 Å². The molecule has 1 aromatic heterocycles. The molecule has 0 atom stereocenters. The zero-order valence-electron chi connectivity index (χ0n) is 28.6. The molecule has 0 fully saturated rings. The minimum atomic E-state index is -0.0723. The summed E-state index contributed by atoms with van der Waals surface area (Å²) < 4.78 is 6.39. The van der Waals surface area contributed by atoms with Crippen molar-refractivity contribution in [3.63, 3.8) is 0 Å². The van der Waals surface area contributed by atoms with Crippen molar-refractivity contribution < 1.29 is 4.42 Å². The van der Waals surface area contributed by atoms with E-state index in [0.717, 1.165) is 33.6 Å². The van der Waals surface area contributed by atoms with Gasteiger partial charge in [-0.05, 0) is 110 Å². The monoisotopic (exact) mass is 653 g/mol. The molecule has 8 aromatic carbocycles. The maximum atomic E-state index is 6.39. The molecule has 2 heteroatoms. The summed E-state index contributed by atoms with van der Waals surface area (Å²) in [4.78, 5) is 2.37. The average molecular weight is 654 g/mol. The topological polar surface area (TPSA) is 16.4 Å². The zero-order valence-corrected chi connectivity index (χ0v) is 28.6. The molecule has 2 nitrogen and oxygen atoms in total. The molecule has 9 aromatic rings. The predicted molar refractivity (Wildman–Crippen MR) is 214 cm³/mol. The van der Waals surface area contributed by atoms with Crippen molar-refractivity contribution in [2.45, 2.75) is 19.3 Å². The molecule has 10 rings (SSSR count). The van der Waals surface area contributed by atoms with Crippen LogP contribution in [0.2, 0.25) is 0 Å². The SMILES string of the molecule is CC1(C)c2ccccc2-c2ccc(N(c3ccccc3)c3ccc(-c4ccc5c(c4)c(-c4ccccc4)cc4oc6ccccc6c45)cc3)cc21. The van der Waals surface area contributed by atoms with Crippen molar-refractivity contribution in [1.29, 1.82) is 0 Å². The van der Waals surface area contributed by atoms with E-state index in [9.17, 15) is 0 Å². The van der Waals surface area contributed by atoms with Gasteiger partial charge in [0.15, 0.2) is 0 Å². The van der Waals surface area contributed by atoms with Gasteiger partial charge in [0.1, 0.15) is 11.2 Å². The van der Waals surface area contributed by atoms with Crippen molar-refractivity contribution in [3.05, 3.63) is 187 Å². The summed E-state index contributed by atoms with van der Waals surface area (Å²) in [5.74, 6) is 0. The largest absolute Gasteiger partial charge is 0.456 e. The Labute approximate surface area is 297 Å². The fourth-order valence-corrected chi connectivity index (χ4v) is 8.33. The highest BCUT2D eigenvalue weighted by atomic mass is 16.3. The van der Waals surface area contributed by atoms with Gasteiger partial charge in [0.2, 0.25) is 0 Å². The smallest absolute Gasteiger partial charge is 0.136 e. The third-order valence-corrected chi connectivity index (χ3v) is 10.9. The van der Waals surface area contributed by atoms with Crippen LogP contribution in [0.15, 0.2) is 180 Å². The Kier molecular flexibility index (Phi) is 6.56. The van der Waals surface area contributed by atoms with E-state index in [4.69, 9.17) is 4.42 Å². The molecule has 0 bridgehead atoms. The lowest BCUT2D eigenvalue weighted by atomic mass is 9.82. The Morgan fingerprint density at radius 3 is 1.86 bits per heavy atom. The van der Waals surface area contributed by atoms with Crippen LogP contribution in [-0.2, 0) is 5.41 Å². The fourth-order valence-electron chi connectivity index (χ4n) is 8.33. The fraction of sp³-hybridized carbons (Fsp3) is 0.0612. The molecule has 0 spiro atoms. The van der Waals surface area contributed by atoms with E-state index in [-0.39, 0.29) is 5.41 Å². The lowest BCUT2D eigenvalue weighted by Gasteiger charge is -2.28. The maximum Gasteiger partial charge on any atom is 0.136 e. The Bertz CT molecular complexity index is 2760. The van der Waals surface area contributed by atoms with Crippen LogP contribution in [0.3, 0.4) is 0 Å². The van der Waals surface area contributed by atoms with Crippen LogP contribution in [-0.4, -0.2) is 0 Å². The van der Waals surface area contributed by atoms with Gasteiger partial charge in [-0.3, -0.25) is 0 Å². The van der Waals surface area contributed by atoms with Crippen LogP contribution in [0.1, 0.15) is 25.0 Å².